The van der Waals surface area contributed by atoms with Crippen LogP contribution in [0, 0.1) is 0 Å². The minimum Gasteiger partial charge on any atom is -0.506 e. The van der Waals surface area contributed by atoms with Crippen molar-refractivity contribution >= 4 is 62.4 Å². The smallest absolute Gasteiger partial charge is 0.342 e. The number of rotatable bonds is 4. The molecule has 0 aliphatic rings. The van der Waals surface area contributed by atoms with Crippen molar-refractivity contribution in [2.75, 3.05) is 0 Å². The molecule has 0 saturated heterocycles. The third-order valence-electron chi connectivity index (χ3n) is 3.03. The lowest BCUT2D eigenvalue weighted by atomic mass is 10.2. The third-order valence-corrected chi connectivity index (χ3v) is 4.71. The van der Waals surface area contributed by atoms with Gasteiger partial charge in [-0.1, -0.05) is 23.7 Å². The number of benzene rings is 2. The van der Waals surface area contributed by atoms with Crippen LogP contribution in [-0.4, -0.2) is 21.2 Å². The highest BCUT2D eigenvalue weighted by atomic mass is 79.9. The Hall–Kier alpha value is -1.96. The molecule has 2 aromatic carbocycles. The van der Waals surface area contributed by atoms with Gasteiger partial charge in [0.25, 0.3) is 5.22 Å². The maximum Gasteiger partial charge on any atom is 0.342 e. The van der Waals surface area contributed by atoms with Gasteiger partial charge in [-0.3, -0.25) is 0 Å². The molecule has 3 rings (SSSR count). The molecule has 24 heavy (non-hydrogen) atoms. The number of carbonyl (C=O) groups is 1. The van der Waals surface area contributed by atoms with E-state index in [9.17, 15) is 15.0 Å². The lowest BCUT2D eigenvalue weighted by molar-refractivity contribution is -0.131. The van der Waals surface area contributed by atoms with Crippen LogP contribution in [0.2, 0.25) is 5.02 Å². The van der Waals surface area contributed by atoms with Crippen molar-refractivity contribution in [2.45, 2.75) is 5.22 Å². The first-order valence-electron chi connectivity index (χ1n) is 6.60. The average Bonchev–Trinajstić information content (AvgIpc) is 2.93. The second-order valence-corrected chi connectivity index (χ2v) is 6.97. The Labute approximate surface area is 154 Å². The maximum absolute atomic E-state index is 11.5. The summed E-state index contributed by atoms with van der Waals surface area (Å²) in [7, 11) is 0. The second kappa shape index (κ2) is 6.88. The highest BCUT2D eigenvalue weighted by Crippen LogP contribution is 2.36. The number of para-hydroxylation sites is 2. The molecule has 0 saturated carbocycles. The van der Waals surface area contributed by atoms with Crippen LogP contribution >= 0.6 is 39.3 Å². The summed E-state index contributed by atoms with van der Waals surface area (Å²) in [5.74, 6) is -1.27. The van der Waals surface area contributed by atoms with Crippen molar-refractivity contribution < 1.29 is 19.4 Å². The van der Waals surface area contributed by atoms with Crippen LogP contribution in [0.4, 0.5) is 0 Å². The van der Waals surface area contributed by atoms with Crippen LogP contribution in [-0.2, 0) is 4.79 Å². The predicted molar refractivity (Wildman–Crippen MR) is 96.3 cm³/mol. The number of aliphatic carboxylic acids is 1. The number of hydrogen-bond donors (Lipinski definition) is 2. The Kier molecular flexibility index (Phi) is 4.84. The zero-order valence-corrected chi connectivity index (χ0v) is 15.0. The monoisotopic (exact) mass is 425 g/mol. The SMILES string of the molecule is O=C(O)/C(=C/c1cc(Cl)cc(Br)c1O)Sc1nc2ccccc2o1. The van der Waals surface area contributed by atoms with Crippen molar-refractivity contribution in [1.82, 2.24) is 4.98 Å². The van der Waals surface area contributed by atoms with Gasteiger partial charge in [-0.25, -0.2) is 9.78 Å². The first-order chi connectivity index (χ1) is 11.4. The van der Waals surface area contributed by atoms with Crippen LogP contribution in [0.3, 0.4) is 0 Å². The first kappa shape index (κ1) is 16.9. The summed E-state index contributed by atoms with van der Waals surface area (Å²) in [6.45, 7) is 0. The molecule has 1 aromatic heterocycles. The Morgan fingerprint density at radius 2 is 2.08 bits per heavy atom. The normalized spacial score (nSPS) is 11.8. The van der Waals surface area contributed by atoms with Crippen molar-refractivity contribution in [2.24, 2.45) is 0 Å². The molecule has 0 aliphatic heterocycles. The number of hydrogen-bond acceptors (Lipinski definition) is 5. The molecule has 122 valence electrons. The Morgan fingerprint density at radius 3 is 2.79 bits per heavy atom. The summed E-state index contributed by atoms with van der Waals surface area (Å²) >= 11 is 9.96. The number of carboxylic acids is 1. The Balaban J connectivity index is 1.99. The molecule has 0 spiro atoms. The van der Waals surface area contributed by atoms with Gasteiger partial charge in [-0.05, 0) is 58.0 Å². The quantitative estimate of drug-likeness (QED) is 0.442. The van der Waals surface area contributed by atoms with E-state index in [0.29, 0.717) is 20.6 Å². The number of carboxylic acid groups (broad SMARTS) is 1. The number of nitrogens with zero attached hydrogens (tertiary/aromatic N) is 1. The summed E-state index contributed by atoms with van der Waals surface area (Å²) in [4.78, 5) is 15.7. The molecule has 3 aromatic rings. The van der Waals surface area contributed by atoms with Gasteiger partial charge >= 0.3 is 5.97 Å². The lowest BCUT2D eigenvalue weighted by Gasteiger charge is -2.05. The maximum atomic E-state index is 11.5. The van der Waals surface area contributed by atoms with Crippen LogP contribution in [0.1, 0.15) is 5.56 Å². The van der Waals surface area contributed by atoms with E-state index < -0.39 is 5.97 Å². The third kappa shape index (κ3) is 3.58. The highest BCUT2D eigenvalue weighted by molar-refractivity contribution is 9.10. The molecular weight excluding hydrogens is 418 g/mol. The van der Waals surface area contributed by atoms with E-state index in [2.05, 4.69) is 20.9 Å². The van der Waals surface area contributed by atoms with Crippen LogP contribution < -0.4 is 0 Å². The number of halogens is 2. The molecule has 0 atom stereocenters. The minimum atomic E-state index is -1.17. The molecule has 0 bridgehead atoms. The van der Waals surface area contributed by atoms with Crippen LogP contribution in [0.25, 0.3) is 17.2 Å². The van der Waals surface area contributed by atoms with E-state index in [0.717, 1.165) is 11.8 Å². The topological polar surface area (TPSA) is 83.6 Å². The number of phenolic OH excluding ortho intramolecular Hbond substituents is 1. The van der Waals surface area contributed by atoms with Crippen molar-refractivity contribution in [3.8, 4) is 5.75 Å². The molecule has 2 N–H and O–H groups in total. The largest absolute Gasteiger partial charge is 0.506 e. The molecule has 0 amide bonds. The van der Waals surface area contributed by atoms with Gasteiger partial charge in [0.05, 0.1) is 4.47 Å². The molecule has 0 fully saturated rings. The summed E-state index contributed by atoms with van der Waals surface area (Å²) in [5, 5.41) is 20.0. The van der Waals surface area contributed by atoms with E-state index in [1.165, 1.54) is 18.2 Å². The van der Waals surface area contributed by atoms with Gasteiger partial charge in [0.1, 0.15) is 16.2 Å². The lowest BCUT2D eigenvalue weighted by Crippen LogP contribution is -1.97. The Bertz CT molecular complexity index is 937. The van der Waals surface area contributed by atoms with E-state index in [4.69, 9.17) is 16.0 Å². The van der Waals surface area contributed by atoms with Gasteiger partial charge in [0.2, 0.25) is 0 Å². The zero-order valence-electron chi connectivity index (χ0n) is 11.9. The van der Waals surface area contributed by atoms with Gasteiger partial charge in [0.15, 0.2) is 5.58 Å². The average molecular weight is 427 g/mol. The molecule has 1 heterocycles. The molecular formula is C16H9BrClNO4S. The minimum absolute atomic E-state index is 0.0639. The number of fused-ring (bicyclic) bond motifs is 1. The molecule has 0 radical (unpaired) electrons. The van der Waals surface area contributed by atoms with E-state index in [1.54, 1.807) is 18.2 Å². The fourth-order valence-electron chi connectivity index (χ4n) is 1.96. The van der Waals surface area contributed by atoms with Crippen molar-refractivity contribution in [3.05, 3.63) is 56.4 Å². The van der Waals surface area contributed by atoms with Gasteiger partial charge in [-0.15, -0.1) is 0 Å². The van der Waals surface area contributed by atoms with Crippen LogP contribution in [0.15, 0.2) is 55.4 Å². The van der Waals surface area contributed by atoms with Gasteiger partial charge in [-0.2, -0.15) is 0 Å². The zero-order chi connectivity index (χ0) is 17.3. The predicted octanol–water partition coefficient (Wildman–Crippen LogP) is 5.17. The standard InChI is InChI=1S/C16H9BrClNO4S/c17-10-7-9(18)5-8(14(10)20)6-13(15(21)22)24-16-19-11-3-1-2-4-12(11)23-16/h1-7,20H,(H,21,22)/b13-6-. The van der Waals surface area contributed by atoms with E-state index in [-0.39, 0.29) is 21.4 Å². The number of aromatic hydroxyl groups is 1. The highest BCUT2D eigenvalue weighted by Gasteiger charge is 2.16. The Morgan fingerprint density at radius 1 is 1.33 bits per heavy atom. The number of phenols is 1. The van der Waals surface area contributed by atoms with Gasteiger partial charge < -0.3 is 14.6 Å². The van der Waals surface area contributed by atoms with Gasteiger partial charge in [0, 0.05) is 10.6 Å². The summed E-state index contributed by atoms with van der Waals surface area (Å²) < 4.78 is 5.89. The number of thioether (sulfide) groups is 1. The second-order valence-electron chi connectivity index (χ2n) is 4.69. The van der Waals surface area contributed by atoms with E-state index >= 15 is 0 Å². The summed E-state index contributed by atoms with van der Waals surface area (Å²) in [6, 6.07) is 10.1. The van der Waals surface area contributed by atoms with Crippen LogP contribution in [0.5, 0.6) is 5.75 Å². The fourth-order valence-corrected chi connectivity index (χ4v) is 3.53. The molecule has 8 heteroatoms. The number of aromatic nitrogens is 1. The van der Waals surface area contributed by atoms with Crippen molar-refractivity contribution in [1.29, 1.82) is 0 Å². The van der Waals surface area contributed by atoms with Crippen molar-refractivity contribution in [3.63, 3.8) is 0 Å². The fraction of sp³-hybridized carbons (Fsp3) is 0. The number of oxazole rings is 1. The first-order valence-corrected chi connectivity index (χ1v) is 8.59. The molecule has 5 nitrogen and oxygen atoms in total. The van der Waals surface area contributed by atoms with E-state index in [1.807, 2.05) is 6.07 Å². The summed E-state index contributed by atoms with van der Waals surface area (Å²) in [5.41, 5.74) is 1.48. The molecule has 0 unspecified atom stereocenters. The molecule has 0 aliphatic carbocycles. The summed E-state index contributed by atoms with van der Waals surface area (Å²) in [6.07, 6.45) is 1.31.